The highest BCUT2D eigenvalue weighted by Crippen LogP contribution is 2.19. The number of quaternary nitrogens is 2. The van der Waals surface area contributed by atoms with E-state index in [0.717, 1.165) is 12.1 Å². The minimum atomic E-state index is 0.549. The molecule has 0 amide bonds. The fraction of sp³-hybridized carbons (Fsp3) is 0.556. The average Bonchev–Trinajstić information content (AvgIpc) is 3.06. The van der Waals surface area contributed by atoms with Crippen LogP contribution in [0.1, 0.15) is 39.5 Å². The first-order valence-electron chi connectivity index (χ1n) is 8.87. The molecule has 0 aliphatic rings. The van der Waals surface area contributed by atoms with Gasteiger partial charge in [0.1, 0.15) is 0 Å². The molecule has 0 bridgehead atoms. The summed E-state index contributed by atoms with van der Waals surface area (Å²) in [5, 5.41) is 11.2. The molecule has 0 radical (unpaired) electrons. The van der Waals surface area contributed by atoms with E-state index in [-0.39, 0.29) is 0 Å². The van der Waals surface area contributed by atoms with E-state index >= 15 is 0 Å². The molecule has 2 rings (SSSR count). The van der Waals surface area contributed by atoms with Gasteiger partial charge in [0.05, 0.1) is 25.7 Å². The molecule has 0 spiro atoms. The van der Waals surface area contributed by atoms with Gasteiger partial charge in [0.2, 0.25) is 5.89 Å². The summed E-state index contributed by atoms with van der Waals surface area (Å²) < 4.78 is 5.74. The van der Waals surface area contributed by atoms with Crippen molar-refractivity contribution >= 4 is 11.6 Å². The summed E-state index contributed by atoms with van der Waals surface area (Å²) in [6.07, 6.45) is 2.47. The molecule has 1 aromatic carbocycles. The lowest BCUT2D eigenvalue weighted by molar-refractivity contribution is -0.896. The topological polar surface area (TPSA) is 60.0 Å². The van der Waals surface area contributed by atoms with Crippen LogP contribution in [0.3, 0.4) is 0 Å². The van der Waals surface area contributed by atoms with Crippen LogP contribution in [0.25, 0.3) is 11.5 Å². The van der Waals surface area contributed by atoms with E-state index in [0.29, 0.717) is 22.8 Å². The minimum Gasteiger partial charge on any atom is -0.415 e. The smallest absolute Gasteiger partial charge is 0.271 e. The molecular formula is C18H29ClN4O+2. The van der Waals surface area contributed by atoms with E-state index in [1.165, 1.54) is 32.5 Å². The molecule has 0 fully saturated rings. The minimum absolute atomic E-state index is 0.549. The van der Waals surface area contributed by atoms with Crippen LogP contribution in [0.2, 0.25) is 5.02 Å². The van der Waals surface area contributed by atoms with Crippen LogP contribution < -0.4 is 10.2 Å². The summed E-state index contributed by atoms with van der Waals surface area (Å²) in [6.45, 7) is 11.2. The number of benzene rings is 1. The summed E-state index contributed by atoms with van der Waals surface area (Å²) >= 11 is 5.90. The highest BCUT2D eigenvalue weighted by atomic mass is 35.5. The maximum absolute atomic E-state index is 5.90. The molecule has 0 aliphatic carbocycles. The van der Waals surface area contributed by atoms with Crippen molar-refractivity contribution in [2.45, 2.75) is 46.2 Å². The van der Waals surface area contributed by atoms with Crippen molar-refractivity contribution in [2.75, 3.05) is 19.6 Å². The van der Waals surface area contributed by atoms with Gasteiger partial charge >= 0.3 is 0 Å². The van der Waals surface area contributed by atoms with Crippen molar-refractivity contribution in [1.82, 2.24) is 10.2 Å². The second kappa shape index (κ2) is 9.77. The van der Waals surface area contributed by atoms with Crippen LogP contribution in [0.5, 0.6) is 0 Å². The Morgan fingerprint density at radius 2 is 1.88 bits per heavy atom. The molecule has 0 saturated heterocycles. The highest BCUT2D eigenvalue weighted by Gasteiger charge is 2.13. The fourth-order valence-electron chi connectivity index (χ4n) is 2.74. The molecule has 1 aromatic heterocycles. The monoisotopic (exact) mass is 352 g/mol. The van der Waals surface area contributed by atoms with Gasteiger partial charge in [-0.3, -0.25) is 0 Å². The second-order valence-corrected chi connectivity index (χ2v) is 6.71. The average molecular weight is 353 g/mol. The second-order valence-electron chi connectivity index (χ2n) is 6.27. The number of rotatable bonds is 10. The zero-order valence-electron chi connectivity index (χ0n) is 14.9. The molecular weight excluding hydrogens is 324 g/mol. The van der Waals surface area contributed by atoms with Gasteiger partial charge in [-0.1, -0.05) is 11.6 Å². The number of hydrogen-bond acceptors (Lipinski definition) is 3. The Kier molecular flexibility index (Phi) is 7.69. The van der Waals surface area contributed by atoms with Crippen molar-refractivity contribution in [1.29, 1.82) is 0 Å². The molecule has 1 heterocycles. The first-order valence-corrected chi connectivity index (χ1v) is 9.25. The Labute approximate surface area is 149 Å². The van der Waals surface area contributed by atoms with Crippen LogP contribution in [-0.4, -0.2) is 35.9 Å². The Morgan fingerprint density at radius 1 is 1.17 bits per heavy atom. The first kappa shape index (κ1) is 18.9. The summed E-state index contributed by atoms with van der Waals surface area (Å²) in [4.78, 5) is 1.67. The zero-order valence-corrected chi connectivity index (χ0v) is 15.6. The molecule has 6 heteroatoms. The van der Waals surface area contributed by atoms with Gasteiger partial charge in [-0.2, -0.15) is 0 Å². The van der Waals surface area contributed by atoms with Crippen LogP contribution in [-0.2, 0) is 6.54 Å². The SMILES string of the molecule is CC[NH+](CC)CCC[C@@H](C)[NH2+]Cc1nnc(-c2ccc(Cl)cc2)o1. The first-order chi connectivity index (χ1) is 11.6. The Bertz CT molecular complexity index is 595. The number of nitrogens with two attached hydrogens (primary N) is 1. The van der Waals surface area contributed by atoms with Gasteiger partial charge in [0, 0.05) is 23.4 Å². The fourth-order valence-corrected chi connectivity index (χ4v) is 2.87. The maximum atomic E-state index is 5.90. The number of nitrogens with one attached hydrogen (secondary N) is 1. The third-order valence-corrected chi connectivity index (χ3v) is 4.69. The van der Waals surface area contributed by atoms with Crippen molar-refractivity contribution in [3.05, 3.63) is 35.2 Å². The number of hydrogen-bond donors (Lipinski definition) is 2. The largest absolute Gasteiger partial charge is 0.415 e. The predicted octanol–water partition coefficient (Wildman–Crippen LogP) is 1.55. The molecule has 24 heavy (non-hydrogen) atoms. The molecule has 2 aromatic rings. The number of nitrogens with zero attached hydrogens (tertiary/aromatic N) is 2. The standard InChI is InChI=1S/C18H27ClN4O/c1-4-23(5-2)12-6-7-14(3)20-13-17-21-22-18(24-17)15-8-10-16(19)11-9-15/h8-11,14,20H,4-7,12-13H2,1-3H3/p+2/t14-/m1/s1. The Morgan fingerprint density at radius 3 is 2.54 bits per heavy atom. The third kappa shape index (κ3) is 5.89. The quantitative estimate of drug-likeness (QED) is 0.682. The lowest BCUT2D eigenvalue weighted by atomic mass is 10.1. The molecule has 132 valence electrons. The predicted molar refractivity (Wildman–Crippen MR) is 96.0 cm³/mol. The van der Waals surface area contributed by atoms with E-state index in [2.05, 4.69) is 36.3 Å². The van der Waals surface area contributed by atoms with Crippen LogP contribution in [0.4, 0.5) is 0 Å². The Hall–Kier alpha value is -1.43. The molecule has 3 N–H and O–H groups in total. The molecule has 5 nitrogen and oxygen atoms in total. The van der Waals surface area contributed by atoms with Gasteiger partial charge < -0.3 is 14.6 Å². The third-order valence-electron chi connectivity index (χ3n) is 4.44. The lowest BCUT2D eigenvalue weighted by Crippen LogP contribution is -3.11. The molecule has 0 aliphatic heterocycles. The highest BCUT2D eigenvalue weighted by molar-refractivity contribution is 6.30. The van der Waals surface area contributed by atoms with E-state index in [1.807, 2.05) is 24.3 Å². The van der Waals surface area contributed by atoms with Crippen LogP contribution >= 0.6 is 11.6 Å². The van der Waals surface area contributed by atoms with Gasteiger partial charge in [-0.05, 0) is 45.0 Å². The lowest BCUT2D eigenvalue weighted by Gasteiger charge is -2.16. The van der Waals surface area contributed by atoms with Gasteiger partial charge in [-0.15, -0.1) is 10.2 Å². The van der Waals surface area contributed by atoms with E-state index in [4.69, 9.17) is 16.0 Å². The van der Waals surface area contributed by atoms with Gasteiger partial charge in [0.25, 0.3) is 5.89 Å². The van der Waals surface area contributed by atoms with E-state index in [1.54, 1.807) is 4.90 Å². The summed E-state index contributed by atoms with van der Waals surface area (Å²) in [5.74, 6) is 1.22. The Balaban J connectivity index is 1.75. The maximum Gasteiger partial charge on any atom is 0.271 e. The summed E-state index contributed by atoms with van der Waals surface area (Å²) in [6, 6.07) is 7.99. The van der Waals surface area contributed by atoms with Crippen LogP contribution in [0.15, 0.2) is 28.7 Å². The van der Waals surface area contributed by atoms with Crippen molar-refractivity contribution in [3.63, 3.8) is 0 Å². The molecule has 0 saturated carbocycles. The zero-order chi connectivity index (χ0) is 17.4. The van der Waals surface area contributed by atoms with E-state index in [9.17, 15) is 0 Å². The van der Waals surface area contributed by atoms with Crippen molar-refractivity contribution in [2.24, 2.45) is 0 Å². The molecule has 1 atom stereocenters. The van der Waals surface area contributed by atoms with Gasteiger partial charge in [0.15, 0.2) is 6.54 Å². The van der Waals surface area contributed by atoms with Gasteiger partial charge in [-0.25, -0.2) is 0 Å². The summed E-state index contributed by atoms with van der Waals surface area (Å²) in [7, 11) is 0. The normalized spacial score (nSPS) is 12.7. The van der Waals surface area contributed by atoms with Crippen molar-refractivity contribution in [3.8, 4) is 11.5 Å². The van der Waals surface area contributed by atoms with E-state index < -0.39 is 0 Å². The summed E-state index contributed by atoms with van der Waals surface area (Å²) in [5.41, 5.74) is 0.897. The number of aromatic nitrogens is 2. The number of halogens is 1. The van der Waals surface area contributed by atoms with Crippen LogP contribution in [0, 0.1) is 0 Å². The molecule has 0 unspecified atom stereocenters. The van der Waals surface area contributed by atoms with Crippen molar-refractivity contribution < 1.29 is 14.6 Å².